The van der Waals surface area contributed by atoms with E-state index in [0.717, 1.165) is 32.5 Å². The van der Waals surface area contributed by atoms with Crippen LogP contribution in [0.3, 0.4) is 0 Å². The van der Waals surface area contributed by atoms with E-state index in [2.05, 4.69) is 17.0 Å². The van der Waals surface area contributed by atoms with E-state index in [-0.39, 0.29) is 6.61 Å². The van der Waals surface area contributed by atoms with Crippen LogP contribution in [0.15, 0.2) is 18.2 Å². The number of β-amino-alcohol motifs (C(OH)–C–C–N with tert-alkyl or cyclic N) is 1. The Labute approximate surface area is 103 Å². The summed E-state index contributed by atoms with van der Waals surface area (Å²) in [6.45, 7) is 3.82. The first-order valence-corrected chi connectivity index (χ1v) is 6.37. The third-order valence-corrected chi connectivity index (χ3v) is 3.65. The van der Waals surface area contributed by atoms with E-state index in [1.54, 1.807) is 0 Å². The van der Waals surface area contributed by atoms with Gasteiger partial charge in [0.05, 0.1) is 6.61 Å². The molecule has 0 aliphatic carbocycles. The van der Waals surface area contributed by atoms with Crippen molar-refractivity contribution in [3.8, 4) is 0 Å². The van der Waals surface area contributed by atoms with E-state index >= 15 is 0 Å². The first-order valence-electron chi connectivity index (χ1n) is 6.37. The maximum absolute atomic E-state index is 8.92. The predicted molar refractivity (Wildman–Crippen MR) is 68.7 cm³/mol. The fraction of sp³-hybridized carbons (Fsp3) is 0.571. The van der Waals surface area contributed by atoms with Gasteiger partial charge in [-0.05, 0) is 55.1 Å². The molecule has 1 saturated heterocycles. The standard InChI is InChI=1S/C14H21N2O/c15-11-13-3-1-2-4-14(13)12-5-7-16(8-6-12)9-10-17/h2-4,12,17H,5-11,15H2. The molecule has 1 radical (unpaired) electrons. The second-order valence-electron chi connectivity index (χ2n) is 4.67. The summed E-state index contributed by atoms with van der Waals surface area (Å²) in [5.41, 5.74) is 8.40. The molecule has 1 fully saturated rings. The third kappa shape index (κ3) is 3.06. The molecule has 0 aromatic heterocycles. The molecule has 3 N–H and O–H groups in total. The molecule has 1 aliphatic rings. The molecule has 0 bridgehead atoms. The van der Waals surface area contributed by atoms with Gasteiger partial charge in [-0.1, -0.05) is 12.1 Å². The van der Waals surface area contributed by atoms with Crippen LogP contribution in [0, 0.1) is 6.07 Å². The minimum Gasteiger partial charge on any atom is -0.395 e. The van der Waals surface area contributed by atoms with Gasteiger partial charge in [-0.15, -0.1) is 0 Å². The van der Waals surface area contributed by atoms with Gasteiger partial charge in [-0.3, -0.25) is 0 Å². The van der Waals surface area contributed by atoms with Gasteiger partial charge >= 0.3 is 0 Å². The Morgan fingerprint density at radius 2 is 2.18 bits per heavy atom. The lowest BCUT2D eigenvalue weighted by Crippen LogP contribution is -2.35. The van der Waals surface area contributed by atoms with Gasteiger partial charge in [0.25, 0.3) is 0 Å². The van der Waals surface area contributed by atoms with Crippen LogP contribution >= 0.6 is 0 Å². The minimum atomic E-state index is 0.263. The summed E-state index contributed by atoms with van der Waals surface area (Å²) in [4.78, 5) is 2.33. The molecule has 1 aliphatic heterocycles. The Balaban J connectivity index is 2.00. The fourth-order valence-corrected chi connectivity index (χ4v) is 2.66. The molecular formula is C14H21N2O. The average Bonchev–Trinajstić information content (AvgIpc) is 2.40. The van der Waals surface area contributed by atoms with Crippen molar-refractivity contribution in [2.45, 2.75) is 25.3 Å². The van der Waals surface area contributed by atoms with Crippen molar-refractivity contribution in [3.05, 3.63) is 35.4 Å². The molecule has 3 nitrogen and oxygen atoms in total. The summed E-state index contributed by atoms with van der Waals surface area (Å²) in [7, 11) is 0. The lowest BCUT2D eigenvalue weighted by Gasteiger charge is -2.32. The molecular weight excluding hydrogens is 212 g/mol. The maximum atomic E-state index is 8.92. The van der Waals surface area contributed by atoms with Crippen molar-refractivity contribution >= 4 is 0 Å². The Morgan fingerprint density at radius 1 is 1.41 bits per heavy atom. The zero-order valence-electron chi connectivity index (χ0n) is 10.2. The van der Waals surface area contributed by atoms with E-state index in [0.29, 0.717) is 12.5 Å². The normalized spacial score (nSPS) is 18.5. The summed E-state index contributed by atoms with van der Waals surface area (Å²) in [5, 5.41) is 8.92. The van der Waals surface area contributed by atoms with Gasteiger partial charge < -0.3 is 15.7 Å². The number of nitrogens with two attached hydrogens (primary N) is 1. The summed E-state index contributed by atoms with van der Waals surface area (Å²) in [6.07, 6.45) is 2.33. The second kappa shape index (κ2) is 6.15. The average molecular weight is 233 g/mol. The SMILES string of the molecule is NCc1c[c]ccc1C1CCN(CCO)CC1. The largest absolute Gasteiger partial charge is 0.395 e. The molecule has 0 atom stereocenters. The third-order valence-electron chi connectivity index (χ3n) is 3.65. The van der Waals surface area contributed by atoms with Crippen molar-refractivity contribution in [2.24, 2.45) is 5.73 Å². The molecule has 1 aromatic carbocycles. The number of hydrogen-bond donors (Lipinski definition) is 2. The number of aliphatic hydroxyl groups is 1. The van der Waals surface area contributed by atoms with Gasteiger partial charge in [0.2, 0.25) is 0 Å². The molecule has 1 aromatic rings. The number of likely N-dealkylation sites (tertiary alicyclic amines) is 1. The molecule has 3 heteroatoms. The minimum absolute atomic E-state index is 0.263. The highest BCUT2D eigenvalue weighted by molar-refractivity contribution is 5.30. The number of piperidine rings is 1. The Morgan fingerprint density at radius 3 is 2.82 bits per heavy atom. The summed E-state index contributed by atoms with van der Waals surface area (Å²) < 4.78 is 0. The van der Waals surface area contributed by atoms with Gasteiger partial charge in [0.1, 0.15) is 0 Å². The molecule has 0 spiro atoms. The predicted octanol–water partition coefficient (Wildman–Crippen LogP) is 1.12. The quantitative estimate of drug-likeness (QED) is 0.819. The van der Waals surface area contributed by atoms with Crippen LogP contribution in [0.4, 0.5) is 0 Å². The molecule has 93 valence electrons. The lowest BCUT2D eigenvalue weighted by atomic mass is 9.86. The van der Waals surface area contributed by atoms with E-state index in [1.807, 2.05) is 12.1 Å². The second-order valence-corrected chi connectivity index (χ2v) is 4.67. The highest BCUT2D eigenvalue weighted by Gasteiger charge is 2.21. The van der Waals surface area contributed by atoms with Crippen LogP contribution in [0.1, 0.15) is 29.9 Å². The van der Waals surface area contributed by atoms with Crippen LogP contribution in [0.5, 0.6) is 0 Å². The summed E-state index contributed by atoms with van der Waals surface area (Å²) in [5.74, 6) is 0.623. The maximum Gasteiger partial charge on any atom is 0.0558 e. The number of aliphatic hydroxyl groups excluding tert-OH is 1. The van der Waals surface area contributed by atoms with Crippen LogP contribution in [-0.2, 0) is 6.54 Å². The molecule has 17 heavy (non-hydrogen) atoms. The van der Waals surface area contributed by atoms with E-state index in [9.17, 15) is 0 Å². The first kappa shape index (κ1) is 12.6. The summed E-state index contributed by atoms with van der Waals surface area (Å²) in [6, 6.07) is 9.25. The monoisotopic (exact) mass is 233 g/mol. The van der Waals surface area contributed by atoms with Crippen LogP contribution in [0.2, 0.25) is 0 Å². The molecule has 0 unspecified atom stereocenters. The molecule has 2 rings (SSSR count). The van der Waals surface area contributed by atoms with Crippen molar-refractivity contribution in [2.75, 3.05) is 26.2 Å². The van der Waals surface area contributed by atoms with E-state index in [1.165, 1.54) is 11.1 Å². The van der Waals surface area contributed by atoms with Gasteiger partial charge in [-0.2, -0.15) is 0 Å². The van der Waals surface area contributed by atoms with Gasteiger partial charge in [0, 0.05) is 13.1 Å². The summed E-state index contributed by atoms with van der Waals surface area (Å²) >= 11 is 0. The van der Waals surface area contributed by atoms with Crippen molar-refractivity contribution < 1.29 is 5.11 Å². The topological polar surface area (TPSA) is 49.5 Å². The highest BCUT2D eigenvalue weighted by Crippen LogP contribution is 2.29. The Hall–Kier alpha value is -0.900. The number of nitrogens with zero attached hydrogens (tertiary/aromatic N) is 1. The van der Waals surface area contributed by atoms with Crippen LogP contribution in [0.25, 0.3) is 0 Å². The highest BCUT2D eigenvalue weighted by atomic mass is 16.3. The zero-order valence-corrected chi connectivity index (χ0v) is 10.2. The van der Waals surface area contributed by atoms with E-state index < -0.39 is 0 Å². The van der Waals surface area contributed by atoms with Crippen LogP contribution < -0.4 is 5.73 Å². The fourth-order valence-electron chi connectivity index (χ4n) is 2.66. The van der Waals surface area contributed by atoms with Crippen molar-refractivity contribution in [1.29, 1.82) is 0 Å². The molecule has 0 saturated carbocycles. The zero-order chi connectivity index (χ0) is 12.1. The molecule has 1 heterocycles. The Kier molecular flexibility index (Phi) is 4.54. The lowest BCUT2D eigenvalue weighted by molar-refractivity contribution is 0.164. The first-order chi connectivity index (χ1) is 8.35. The Bertz CT molecular complexity index is 346. The number of rotatable bonds is 4. The van der Waals surface area contributed by atoms with Crippen molar-refractivity contribution in [3.63, 3.8) is 0 Å². The molecule has 0 amide bonds. The number of hydrogen-bond acceptors (Lipinski definition) is 3. The number of benzene rings is 1. The van der Waals surface area contributed by atoms with Gasteiger partial charge in [-0.25, -0.2) is 0 Å². The smallest absolute Gasteiger partial charge is 0.0558 e. The van der Waals surface area contributed by atoms with Crippen LogP contribution in [-0.4, -0.2) is 36.2 Å². The van der Waals surface area contributed by atoms with Gasteiger partial charge in [0.15, 0.2) is 0 Å². The van der Waals surface area contributed by atoms with E-state index in [4.69, 9.17) is 10.8 Å². The van der Waals surface area contributed by atoms with Crippen molar-refractivity contribution in [1.82, 2.24) is 4.90 Å².